The Kier molecular flexibility index (Phi) is 5.69. The summed E-state index contributed by atoms with van der Waals surface area (Å²) in [5.41, 5.74) is 1.93. The zero-order valence-corrected chi connectivity index (χ0v) is 16.3. The molecule has 3 aromatic rings. The molecule has 0 radical (unpaired) electrons. The topological polar surface area (TPSA) is 66.4 Å². The van der Waals surface area contributed by atoms with Crippen LogP contribution in [0.3, 0.4) is 0 Å². The molecule has 0 unspecified atom stereocenters. The Morgan fingerprint density at radius 2 is 1.66 bits per heavy atom. The van der Waals surface area contributed by atoms with Crippen LogP contribution in [0, 0.1) is 5.82 Å². The maximum atomic E-state index is 13.1. The normalized spacial score (nSPS) is 14.0. The molecule has 0 atom stereocenters. The number of rotatable bonds is 6. The number of ether oxygens (including phenoxy) is 1. The van der Waals surface area contributed by atoms with Crippen LogP contribution in [0.5, 0.6) is 5.75 Å². The van der Waals surface area contributed by atoms with E-state index in [1.807, 2.05) is 43.3 Å². The summed E-state index contributed by atoms with van der Waals surface area (Å²) in [4.78, 5) is 8.94. The van der Waals surface area contributed by atoms with Crippen LogP contribution in [0.15, 0.2) is 54.7 Å². The lowest BCUT2D eigenvalue weighted by Gasteiger charge is -2.35. The summed E-state index contributed by atoms with van der Waals surface area (Å²) in [6.45, 7) is 5.76. The van der Waals surface area contributed by atoms with Crippen LogP contribution < -0.4 is 19.9 Å². The summed E-state index contributed by atoms with van der Waals surface area (Å²) in [5.74, 6) is 1.85. The highest BCUT2D eigenvalue weighted by Crippen LogP contribution is 2.21. The second-order valence-electron chi connectivity index (χ2n) is 6.67. The molecule has 0 aliphatic carbocycles. The number of piperazine rings is 1. The quantitative estimate of drug-likeness (QED) is 0.687. The minimum atomic E-state index is -0.219. The summed E-state index contributed by atoms with van der Waals surface area (Å²) in [6.07, 6.45) is 1.61. The van der Waals surface area contributed by atoms with Gasteiger partial charge in [-0.15, -0.1) is 5.10 Å². The van der Waals surface area contributed by atoms with Gasteiger partial charge in [-0.25, -0.2) is 4.39 Å². The van der Waals surface area contributed by atoms with Crippen LogP contribution in [0.4, 0.5) is 27.5 Å². The van der Waals surface area contributed by atoms with Gasteiger partial charge in [-0.05, 0) is 55.5 Å². The van der Waals surface area contributed by atoms with Crippen molar-refractivity contribution in [2.75, 3.05) is 47.9 Å². The molecule has 1 fully saturated rings. The van der Waals surface area contributed by atoms with Crippen molar-refractivity contribution >= 4 is 23.1 Å². The SMILES string of the molecule is CCOc1ccc(Nc2cnnc(N3CCN(c4ccc(F)cc4)CC3)n2)cc1. The maximum Gasteiger partial charge on any atom is 0.247 e. The standard InChI is InChI=1S/C21H23FN6O/c1-2-29-19-9-5-17(6-10-19)24-20-15-23-26-21(25-20)28-13-11-27(12-14-28)18-7-3-16(22)4-8-18/h3-10,15H,2,11-14H2,1H3,(H,24,25,26). The van der Waals surface area contributed by atoms with Crippen molar-refractivity contribution in [2.24, 2.45) is 0 Å². The fourth-order valence-electron chi connectivity index (χ4n) is 3.25. The van der Waals surface area contributed by atoms with E-state index >= 15 is 0 Å². The molecule has 1 aliphatic heterocycles. The Hall–Kier alpha value is -3.42. The van der Waals surface area contributed by atoms with E-state index < -0.39 is 0 Å². The summed E-state index contributed by atoms with van der Waals surface area (Å²) < 4.78 is 18.6. The lowest BCUT2D eigenvalue weighted by atomic mass is 10.2. The molecule has 29 heavy (non-hydrogen) atoms. The summed E-state index contributed by atoms with van der Waals surface area (Å²) in [5, 5.41) is 11.5. The Morgan fingerprint density at radius 3 is 2.34 bits per heavy atom. The van der Waals surface area contributed by atoms with Gasteiger partial charge in [0.15, 0.2) is 5.82 Å². The number of benzene rings is 2. The minimum Gasteiger partial charge on any atom is -0.494 e. The van der Waals surface area contributed by atoms with E-state index in [4.69, 9.17) is 4.74 Å². The first-order valence-electron chi connectivity index (χ1n) is 9.66. The molecule has 7 nitrogen and oxygen atoms in total. The molecular formula is C21H23FN6O. The second kappa shape index (κ2) is 8.72. The third-order valence-electron chi connectivity index (χ3n) is 4.74. The van der Waals surface area contributed by atoms with Gasteiger partial charge in [0.25, 0.3) is 0 Å². The molecule has 2 heterocycles. The minimum absolute atomic E-state index is 0.219. The Balaban J connectivity index is 1.38. The zero-order chi connectivity index (χ0) is 20.1. The van der Waals surface area contributed by atoms with Crippen molar-refractivity contribution in [1.82, 2.24) is 15.2 Å². The van der Waals surface area contributed by atoms with E-state index in [1.54, 1.807) is 6.20 Å². The van der Waals surface area contributed by atoms with Crippen LogP contribution in [0.1, 0.15) is 6.92 Å². The molecule has 0 saturated carbocycles. The largest absolute Gasteiger partial charge is 0.494 e. The van der Waals surface area contributed by atoms with Gasteiger partial charge in [0.05, 0.1) is 12.8 Å². The predicted molar refractivity (Wildman–Crippen MR) is 112 cm³/mol. The van der Waals surface area contributed by atoms with Gasteiger partial charge < -0.3 is 19.9 Å². The van der Waals surface area contributed by atoms with Crippen molar-refractivity contribution in [3.63, 3.8) is 0 Å². The van der Waals surface area contributed by atoms with Crippen molar-refractivity contribution in [3.8, 4) is 5.75 Å². The van der Waals surface area contributed by atoms with E-state index in [2.05, 4.69) is 30.3 Å². The molecule has 4 rings (SSSR count). The fraction of sp³-hybridized carbons (Fsp3) is 0.286. The highest BCUT2D eigenvalue weighted by atomic mass is 19.1. The third-order valence-corrected chi connectivity index (χ3v) is 4.74. The van der Waals surface area contributed by atoms with Gasteiger partial charge in [0.1, 0.15) is 11.6 Å². The summed E-state index contributed by atoms with van der Waals surface area (Å²) in [6, 6.07) is 14.3. The fourth-order valence-corrected chi connectivity index (χ4v) is 3.25. The van der Waals surface area contributed by atoms with Gasteiger partial charge in [0, 0.05) is 37.6 Å². The van der Waals surface area contributed by atoms with Crippen molar-refractivity contribution in [2.45, 2.75) is 6.92 Å². The Morgan fingerprint density at radius 1 is 0.966 bits per heavy atom. The maximum absolute atomic E-state index is 13.1. The highest BCUT2D eigenvalue weighted by Gasteiger charge is 2.20. The number of hydrogen-bond acceptors (Lipinski definition) is 7. The summed E-state index contributed by atoms with van der Waals surface area (Å²) >= 11 is 0. The van der Waals surface area contributed by atoms with Crippen LogP contribution in [-0.4, -0.2) is 48.0 Å². The van der Waals surface area contributed by atoms with Crippen LogP contribution in [-0.2, 0) is 0 Å². The molecular weight excluding hydrogens is 371 g/mol. The Labute approximate surface area is 169 Å². The Bertz CT molecular complexity index is 927. The molecule has 1 N–H and O–H groups in total. The molecule has 1 aliphatic rings. The molecule has 8 heteroatoms. The van der Waals surface area contributed by atoms with E-state index in [9.17, 15) is 4.39 Å². The van der Waals surface area contributed by atoms with E-state index in [1.165, 1.54) is 12.1 Å². The molecule has 0 spiro atoms. The number of anilines is 4. The van der Waals surface area contributed by atoms with Gasteiger partial charge >= 0.3 is 0 Å². The first-order valence-corrected chi connectivity index (χ1v) is 9.66. The lowest BCUT2D eigenvalue weighted by Crippen LogP contribution is -2.47. The number of halogens is 1. The number of nitrogens with zero attached hydrogens (tertiary/aromatic N) is 5. The van der Waals surface area contributed by atoms with Crippen LogP contribution in [0.2, 0.25) is 0 Å². The van der Waals surface area contributed by atoms with E-state index in [-0.39, 0.29) is 5.82 Å². The van der Waals surface area contributed by atoms with Gasteiger partial charge in [-0.1, -0.05) is 0 Å². The molecule has 1 aromatic heterocycles. The average molecular weight is 394 g/mol. The monoisotopic (exact) mass is 394 g/mol. The van der Waals surface area contributed by atoms with Gasteiger partial charge in [-0.3, -0.25) is 0 Å². The molecule has 1 saturated heterocycles. The number of aromatic nitrogens is 3. The van der Waals surface area contributed by atoms with Crippen LogP contribution >= 0.6 is 0 Å². The lowest BCUT2D eigenvalue weighted by molar-refractivity contribution is 0.340. The molecule has 0 bridgehead atoms. The molecule has 2 aromatic carbocycles. The zero-order valence-electron chi connectivity index (χ0n) is 16.3. The van der Waals surface area contributed by atoms with Crippen LogP contribution in [0.25, 0.3) is 0 Å². The number of hydrogen-bond donors (Lipinski definition) is 1. The van der Waals surface area contributed by atoms with Gasteiger partial charge in [0.2, 0.25) is 5.95 Å². The first kappa shape index (κ1) is 18.9. The van der Waals surface area contributed by atoms with Crippen molar-refractivity contribution < 1.29 is 9.13 Å². The third kappa shape index (κ3) is 4.71. The second-order valence-corrected chi connectivity index (χ2v) is 6.67. The highest BCUT2D eigenvalue weighted by molar-refractivity contribution is 5.57. The molecule has 0 amide bonds. The van der Waals surface area contributed by atoms with Crippen molar-refractivity contribution in [3.05, 3.63) is 60.5 Å². The van der Waals surface area contributed by atoms with Crippen molar-refractivity contribution in [1.29, 1.82) is 0 Å². The summed E-state index contributed by atoms with van der Waals surface area (Å²) in [7, 11) is 0. The van der Waals surface area contributed by atoms with E-state index in [0.29, 0.717) is 18.4 Å². The first-order chi connectivity index (χ1) is 14.2. The average Bonchev–Trinajstić information content (AvgIpc) is 2.76. The number of nitrogens with one attached hydrogen (secondary N) is 1. The van der Waals surface area contributed by atoms with Gasteiger partial charge in [-0.2, -0.15) is 10.1 Å². The molecule has 150 valence electrons. The predicted octanol–water partition coefficient (Wildman–Crippen LogP) is 3.48. The smallest absolute Gasteiger partial charge is 0.247 e. The van der Waals surface area contributed by atoms with E-state index in [0.717, 1.165) is 43.3 Å².